The fraction of sp³-hybridized carbons (Fsp3) is 0.875. The first kappa shape index (κ1) is 17.0. The summed E-state index contributed by atoms with van der Waals surface area (Å²) in [5.41, 5.74) is 0. The Kier molecular flexibility index (Phi) is 7.03. The van der Waals surface area contributed by atoms with Crippen molar-refractivity contribution < 1.29 is 9.59 Å². The lowest BCUT2D eigenvalue weighted by Crippen LogP contribution is -2.64. The summed E-state index contributed by atoms with van der Waals surface area (Å²) < 4.78 is 0. The summed E-state index contributed by atoms with van der Waals surface area (Å²) in [6.45, 7) is 9.02. The van der Waals surface area contributed by atoms with E-state index in [0.29, 0.717) is 0 Å². The largest absolute Gasteiger partial charge is 0.342 e. The lowest BCUT2D eigenvalue weighted by molar-refractivity contribution is -0.151. The second kappa shape index (κ2) is 8.28. The number of carbonyl (C=O) groups excluding carboxylic acids is 2. The van der Waals surface area contributed by atoms with Crippen LogP contribution in [0.3, 0.4) is 0 Å². The fourth-order valence-corrected chi connectivity index (χ4v) is 2.76. The van der Waals surface area contributed by atoms with Gasteiger partial charge in [-0.3, -0.25) is 9.59 Å². The second-order valence-corrected chi connectivity index (χ2v) is 5.92. The Balaban J connectivity index is 2.83. The molecule has 0 aliphatic carbocycles. The number of hydrogen-bond donors (Lipinski definition) is 1. The summed E-state index contributed by atoms with van der Waals surface area (Å²) in [5, 5.41) is 2.94. The summed E-state index contributed by atoms with van der Waals surface area (Å²) in [6, 6.07) is -0.591. The molecule has 20 heavy (non-hydrogen) atoms. The third kappa shape index (κ3) is 3.97. The zero-order valence-corrected chi connectivity index (χ0v) is 13.4. The van der Waals surface area contributed by atoms with Crippen LogP contribution < -0.4 is 5.32 Å². The summed E-state index contributed by atoms with van der Waals surface area (Å²) >= 11 is 0. The van der Waals surface area contributed by atoms with E-state index in [0.717, 1.165) is 45.1 Å². The molecule has 1 saturated heterocycles. The van der Waals surface area contributed by atoms with Gasteiger partial charge in [-0.05, 0) is 18.8 Å². The third-order valence-corrected chi connectivity index (χ3v) is 4.30. The molecule has 4 heteroatoms. The van der Waals surface area contributed by atoms with Gasteiger partial charge in [-0.2, -0.15) is 0 Å². The third-order valence-electron chi connectivity index (χ3n) is 4.30. The first-order valence-corrected chi connectivity index (χ1v) is 8.17. The van der Waals surface area contributed by atoms with Crippen molar-refractivity contribution in [2.24, 2.45) is 5.92 Å². The smallest absolute Gasteiger partial charge is 0.246 e. The number of rotatable bonds is 8. The molecule has 4 nitrogen and oxygen atoms in total. The van der Waals surface area contributed by atoms with Gasteiger partial charge in [0.15, 0.2) is 0 Å². The van der Waals surface area contributed by atoms with E-state index in [1.54, 1.807) is 0 Å². The standard InChI is InChI=1S/C16H30N2O2/c1-5-8-9-11-18-13(10-6-2)15(19)17-14(16(18)20)12(4)7-3/h12-14H,5-11H2,1-4H3,(H,17,19). The molecule has 1 aliphatic heterocycles. The molecule has 1 fully saturated rings. The van der Waals surface area contributed by atoms with Crippen molar-refractivity contribution in [2.45, 2.75) is 78.3 Å². The molecule has 0 aromatic heterocycles. The molecule has 0 spiro atoms. The number of amides is 2. The Labute approximate surface area is 123 Å². The van der Waals surface area contributed by atoms with Crippen molar-refractivity contribution in [1.82, 2.24) is 10.2 Å². The van der Waals surface area contributed by atoms with Crippen LogP contribution in [-0.4, -0.2) is 35.3 Å². The van der Waals surface area contributed by atoms with Gasteiger partial charge in [0, 0.05) is 6.54 Å². The van der Waals surface area contributed by atoms with E-state index in [1.807, 2.05) is 11.8 Å². The minimum absolute atomic E-state index is 0.0354. The minimum atomic E-state index is -0.331. The molecule has 1 heterocycles. The second-order valence-electron chi connectivity index (χ2n) is 5.92. The Hall–Kier alpha value is -1.06. The summed E-state index contributed by atoms with van der Waals surface area (Å²) in [7, 11) is 0. The SMILES string of the molecule is CCCCCN1C(=O)C(C(C)CC)NC(=O)C1CCC. The lowest BCUT2D eigenvalue weighted by Gasteiger charge is -2.41. The van der Waals surface area contributed by atoms with E-state index in [4.69, 9.17) is 0 Å². The van der Waals surface area contributed by atoms with Gasteiger partial charge in [0.25, 0.3) is 0 Å². The van der Waals surface area contributed by atoms with E-state index in [2.05, 4.69) is 26.1 Å². The molecule has 2 amide bonds. The van der Waals surface area contributed by atoms with Gasteiger partial charge in [0.2, 0.25) is 11.8 Å². The van der Waals surface area contributed by atoms with Gasteiger partial charge >= 0.3 is 0 Å². The molecule has 3 unspecified atom stereocenters. The zero-order valence-electron chi connectivity index (χ0n) is 13.4. The number of hydrogen-bond acceptors (Lipinski definition) is 2. The topological polar surface area (TPSA) is 49.4 Å². The van der Waals surface area contributed by atoms with Gasteiger partial charge in [-0.1, -0.05) is 53.4 Å². The molecule has 1 rings (SSSR count). The van der Waals surface area contributed by atoms with E-state index >= 15 is 0 Å². The maximum atomic E-state index is 12.7. The van der Waals surface area contributed by atoms with Crippen LogP contribution in [0.5, 0.6) is 0 Å². The lowest BCUT2D eigenvalue weighted by atomic mass is 9.93. The van der Waals surface area contributed by atoms with E-state index in [-0.39, 0.29) is 29.8 Å². The van der Waals surface area contributed by atoms with Crippen molar-refractivity contribution in [3.05, 3.63) is 0 Å². The van der Waals surface area contributed by atoms with Gasteiger partial charge < -0.3 is 10.2 Å². The fourth-order valence-electron chi connectivity index (χ4n) is 2.76. The van der Waals surface area contributed by atoms with Crippen LogP contribution in [0.25, 0.3) is 0 Å². The van der Waals surface area contributed by atoms with E-state index < -0.39 is 0 Å². The van der Waals surface area contributed by atoms with Crippen LogP contribution in [0, 0.1) is 5.92 Å². The predicted octanol–water partition coefficient (Wildman–Crippen LogP) is 2.72. The highest BCUT2D eigenvalue weighted by Gasteiger charge is 2.41. The zero-order chi connectivity index (χ0) is 15.1. The molecule has 116 valence electrons. The van der Waals surface area contributed by atoms with E-state index in [9.17, 15) is 9.59 Å². The van der Waals surface area contributed by atoms with Crippen molar-refractivity contribution in [2.75, 3.05) is 6.54 Å². The van der Waals surface area contributed by atoms with Crippen molar-refractivity contribution in [3.63, 3.8) is 0 Å². The predicted molar refractivity (Wildman–Crippen MR) is 81.3 cm³/mol. The Bertz CT molecular complexity index is 330. The van der Waals surface area contributed by atoms with Crippen LogP contribution in [0.2, 0.25) is 0 Å². The maximum absolute atomic E-state index is 12.7. The number of nitrogens with zero attached hydrogens (tertiary/aromatic N) is 1. The first-order valence-electron chi connectivity index (χ1n) is 8.17. The van der Waals surface area contributed by atoms with Gasteiger partial charge in [0.05, 0.1) is 0 Å². The molecule has 0 aromatic carbocycles. The Morgan fingerprint density at radius 2 is 1.85 bits per heavy atom. The van der Waals surface area contributed by atoms with Crippen molar-refractivity contribution >= 4 is 11.8 Å². The van der Waals surface area contributed by atoms with Crippen molar-refractivity contribution in [1.29, 1.82) is 0 Å². The van der Waals surface area contributed by atoms with Crippen LogP contribution in [0.15, 0.2) is 0 Å². The molecule has 1 N–H and O–H groups in total. The summed E-state index contributed by atoms with van der Waals surface area (Å²) in [5.74, 6) is 0.351. The highest BCUT2D eigenvalue weighted by Crippen LogP contribution is 2.21. The molecule has 1 aliphatic rings. The first-order chi connectivity index (χ1) is 9.56. The number of piperazine rings is 1. The molecular formula is C16H30N2O2. The highest BCUT2D eigenvalue weighted by molar-refractivity contribution is 5.97. The molecule has 0 aromatic rings. The quantitative estimate of drug-likeness (QED) is 0.696. The summed E-state index contributed by atoms with van der Waals surface area (Å²) in [6.07, 6.45) is 5.81. The average Bonchev–Trinajstić information content (AvgIpc) is 2.44. The van der Waals surface area contributed by atoms with Crippen LogP contribution in [0.4, 0.5) is 0 Å². The monoisotopic (exact) mass is 282 g/mol. The average molecular weight is 282 g/mol. The maximum Gasteiger partial charge on any atom is 0.246 e. The van der Waals surface area contributed by atoms with Crippen LogP contribution in [0.1, 0.15) is 66.2 Å². The Morgan fingerprint density at radius 3 is 2.40 bits per heavy atom. The van der Waals surface area contributed by atoms with Gasteiger partial charge in [-0.25, -0.2) is 0 Å². The number of unbranched alkanes of at least 4 members (excludes halogenated alkanes) is 2. The minimum Gasteiger partial charge on any atom is -0.342 e. The van der Waals surface area contributed by atoms with Crippen molar-refractivity contribution in [3.8, 4) is 0 Å². The normalized spacial score (nSPS) is 24.7. The highest BCUT2D eigenvalue weighted by atomic mass is 16.2. The van der Waals surface area contributed by atoms with Gasteiger partial charge in [-0.15, -0.1) is 0 Å². The van der Waals surface area contributed by atoms with Crippen LogP contribution in [-0.2, 0) is 9.59 Å². The summed E-state index contributed by atoms with van der Waals surface area (Å²) in [4.78, 5) is 26.8. The molecule has 0 radical (unpaired) electrons. The molecule has 0 bridgehead atoms. The van der Waals surface area contributed by atoms with E-state index in [1.165, 1.54) is 0 Å². The Morgan fingerprint density at radius 1 is 1.15 bits per heavy atom. The number of nitrogens with one attached hydrogen (secondary N) is 1. The van der Waals surface area contributed by atoms with Gasteiger partial charge in [0.1, 0.15) is 12.1 Å². The molecule has 3 atom stereocenters. The number of carbonyl (C=O) groups is 2. The molecular weight excluding hydrogens is 252 g/mol. The molecule has 0 saturated carbocycles. The van der Waals surface area contributed by atoms with Crippen LogP contribution >= 0.6 is 0 Å².